The fraction of sp³-hybridized carbons (Fsp3) is 0.0833. The van der Waals surface area contributed by atoms with Crippen LogP contribution in [0.2, 0.25) is 0 Å². The molecule has 0 radical (unpaired) electrons. The Balaban J connectivity index is 1.93. The van der Waals surface area contributed by atoms with Crippen LogP contribution < -0.4 is 22.3 Å². The van der Waals surface area contributed by atoms with Crippen LogP contribution >= 0.6 is 11.8 Å². The molecule has 1 heterocycles. The molecule has 1 aromatic heterocycles. The van der Waals surface area contributed by atoms with Crippen LogP contribution in [0.3, 0.4) is 0 Å². The fourth-order valence-corrected chi connectivity index (χ4v) is 2.15. The summed E-state index contributed by atoms with van der Waals surface area (Å²) in [6.45, 7) is 0. The van der Waals surface area contributed by atoms with Crippen LogP contribution in [0.1, 0.15) is 0 Å². The molecule has 1 amide bonds. The average Bonchev–Trinajstić information content (AvgIpc) is 2.35. The van der Waals surface area contributed by atoms with E-state index < -0.39 is 0 Å². The zero-order chi connectivity index (χ0) is 14.5. The molecule has 7 nitrogen and oxygen atoms in total. The lowest BCUT2D eigenvalue weighted by atomic mass is 10.3. The summed E-state index contributed by atoms with van der Waals surface area (Å²) in [6, 6.07) is 8.04. The molecule has 8 heteroatoms. The van der Waals surface area contributed by atoms with Crippen molar-refractivity contribution >= 4 is 34.9 Å². The quantitative estimate of drug-likeness (QED) is 0.372. The maximum absolute atomic E-state index is 11.7. The average molecular weight is 291 g/mol. The summed E-state index contributed by atoms with van der Waals surface area (Å²) in [7, 11) is 0. The van der Waals surface area contributed by atoms with Crippen LogP contribution in [0.25, 0.3) is 0 Å². The molecule has 20 heavy (non-hydrogen) atoms. The van der Waals surface area contributed by atoms with Crippen molar-refractivity contribution in [1.29, 1.82) is 0 Å². The number of nitrogen functional groups attached to an aromatic ring is 2. The Morgan fingerprint density at radius 1 is 1.35 bits per heavy atom. The first-order chi connectivity index (χ1) is 9.52. The van der Waals surface area contributed by atoms with Gasteiger partial charge >= 0.3 is 0 Å². The molecule has 0 fully saturated rings. The molecular formula is C12H13N5O2S. The number of nitrogens with zero attached hydrogens (tertiary/aromatic N) is 1. The van der Waals surface area contributed by atoms with E-state index in [9.17, 15) is 9.59 Å². The molecule has 0 aliphatic heterocycles. The van der Waals surface area contributed by atoms with Gasteiger partial charge in [0, 0.05) is 17.4 Å². The number of H-pyrrole nitrogens is 1. The van der Waals surface area contributed by atoms with Crippen LogP contribution in [0.15, 0.2) is 40.3 Å². The highest BCUT2D eigenvalue weighted by Gasteiger charge is 2.06. The number of aromatic amines is 1. The Morgan fingerprint density at radius 2 is 2.15 bits per heavy atom. The number of carbonyl (C=O) groups excluding carboxylic acids is 1. The maximum Gasteiger partial charge on any atom is 0.253 e. The lowest BCUT2D eigenvalue weighted by Gasteiger charge is -2.05. The second-order valence-corrected chi connectivity index (χ2v) is 4.90. The molecule has 0 saturated heterocycles. The number of benzene rings is 1. The second kappa shape index (κ2) is 6.11. The predicted octanol–water partition coefficient (Wildman–Crippen LogP) is 0.665. The Bertz CT molecular complexity index is 686. The number of nitrogens with one attached hydrogen (secondary N) is 2. The topological polar surface area (TPSA) is 127 Å². The molecule has 0 aliphatic rings. The van der Waals surface area contributed by atoms with E-state index in [4.69, 9.17) is 11.5 Å². The third kappa shape index (κ3) is 4.02. The van der Waals surface area contributed by atoms with Crippen molar-refractivity contribution in [2.45, 2.75) is 5.16 Å². The number of hydrogen-bond donors (Lipinski definition) is 4. The summed E-state index contributed by atoms with van der Waals surface area (Å²) in [5.41, 5.74) is 11.9. The van der Waals surface area contributed by atoms with E-state index >= 15 is 0 Å². The first kappa shape index (κ1) is 13.9. The van der Waals surface area contributed by atoms with Gasteiger partial charge in [0.05, 0.1) is 5.75 Å². The van der Waals surface area contributed by atoms with Gasteiger partial charge in [-0.3, -0.25) is 9.59 Å². The number of aromatic nitrogens is 2. The van der Waals surface area contributed by atoms with Crippen LogP contribution in [0.5, 0.6) is 0 Å². The number of amides is 1. The van der Waals surface area contributed by atoms with Crippen molar-refractivity contribution in [3.63, 3.8) is 0 Å². The van der Waals surface area contributed by atoms with Crippen molar-refractivity contribution in [2.24, 2.45) is 0 Å². The smallest absolute Gasteiger partial charge is 0.253 e. The number of rotatable bonds is 4. The van der Waals surface area contributed by atoms with Gasteiger partial charge in [0.15, 0.2) is 5.16 Å². The van der Waals surface area contributed by atoms with Crippen LogP contribution in [0, 0.1) is 0 Å². The molecule has 0 atom stereocenters. The number of nitrogens with two attached hydrogens (primary N) is 2. The zero-order valence-electron chi connectivity index (χ0n) is 10.4. The Kier molecular flexibility index (Phi) is 4.26. The molecule has 0 spiro atoms. The number of thioether (sulfide) groups is 1. The maximum atomic E-state index is 11.7. The van der Waals surface area contributed by atoms with Gasteiger partial charge in [0.2, 0.25) is 5.91 Å². The summed E-state index contributed by atoms with van der Waals surface area (Å²) in [6.07, 6.45) is 0. The van der Waals surface area contributed by atoms with Gasteiger partial charge < -0.3 is 21.8 Å². The van der Waals surface area contributed by atoms with Crippen molar-refractivity contribution in [1.82, 2.24) is 9.97 Å². The SMILES string of the molecule is Nc1cccc(NC(=O)CSc2nc(N)cc(=O)[nH]2)c1. The zero-order valence-corrected chi connectivity index (χ0v) is 11.2. The molecule has 1 aromatic carbocycles. The number of anilines is 3. The minimum Gasteiger partial charge on any atom is -0.399 e. The normalized spacial score (nSPS) is 10.2. The largest absolute Gasteiger partial charge is 0.399 e. The van der Waals surface area contributed by atoms with Crippen molar-refractivity contribution < 1.29 is 4.79 Å². The molecule has 0 unspecified atom stereocenters. The third-order valence-electron chi connectivity index (χ3n) is 2.25. The summed E-state index contributed by atoms with van der Waals surface area (Å²) in [5.74, 6) is -0.0144. The molecule has 0 aliphatic carbocycles. The van der Waals surface area contributed by atoms with Gasteiger partial charge in [-0.15, -0.1) is 0 Å². The molecule has 104 valence electrons. The highest BCUT2D eigenvalue weighted by molar-refractivity contribution is 7.99. The van der Waals surface area contributed by atoms with E-state index in [0.29, 0.717) is 16.5 Å². The summed E-state index contributed by atoms with van der Waals surface area (Å²) in [4.78, 5) is 29.3. The van der Waals surface area contributed by atoms with Crippen molar-refractivity contribution in [3.8, 4) is 0 Å². The number of carbonyl (C=O) groups is 1. The molecule has 0 bridgehead atoms. The van der Waals surface area contributed by atoms with E-state index in [1.165, 1.54) is 6.07 Å². The van der Waals surface area contributed by atoms with Gasteiger partial charge in [-0.1, -0.05) is 17.8 Å². The van der Waals surface area contributed by atoms with Crippen LogP contribution in [-0.4, -0.2) is 21.6 Å². The van der Waals surface area contributed by atoms with Gasteiger partial charge in [-0.25, -0.2) is 4.98 Å². The van der Waals surface area contributed by atoms with E-state index in [2.05, 4.69) is 15.3 Å². The summed E-state index contributed by atoms with van der Waals surface area (Å²) in [5, 5.41) is 2.99. The van der Waals surface area contributed by atoms with E-state index in [-0.39, 0.29) is 23.0 Å². The standard InChI is InChI=1S/C12H13N5O2S/c13-7-2-1-3-8(4-7)15-11(19)6-20-12-16-9(14)5-10(18)17-12/h1-5H,6,13H2,(H,15,19)(H3,14,16,17,18). The molecule has 2 aromatic rings. The lowest BCUT2D eigenvalue weighted by Crippen LogP contribution is -2.15. The monoisotopic (exact) mass is 291 g/mol. The molecular weight excluding hydrogens is 278 g/mol. The third-order valence-corrected chi connectivity index (χ3v) is 3.12. The minimum atomic E-state index is -0.351. The van der Waals surface area contributed by atoms with Crippen LogP contribution in [-0.2, 0) is 4.79 Å². The molecule has 6 N–H and O–H groups in total. The Hall–Kier alpha value is -2.48. The molecule has 2 rings (SSSR count). The first-order valence-corrected chi connectivity index (χ1v) is 6.66. The fourth-order valence-electron chi connectivity index (χ4n) is 1.47. The van der Waals surface area contributed by atoms with Gasteiger partial charge in [0.25, 0.3) is 5.56 Å². The highest BCUT2D eigenvalue weighted by atomic mass is 32.2. The Labute approximate surface area is 118 Å². The van der Waals surface area contributed by atoms with E-state index in [1.807, 2.05) is 0 Å². The summed E-state index contributed by atoms with van der Waals surface area (Å²) < 4.78 is 0. The van der Waals surface area contributed by atoms with Crippen molar-refractivity contribution in [3.05, 3.63) is 40.7 Å². The first-order valence-electron chi connectivity index (χ1n) is 5.68. The number of hydrogen-bond acceptors (Lipinski definition) is 6. The van der Waals surface area contributed by atoms with E-state index in [1.54, 1.807) is 24.3 Å². The predicted molar refractivity (Wildman–Crippen MR) is 79.5 cm³/mol. The second-order valence-electron chi connectivity index (χ2n) is 3.94. The molecule has 0 saturated carbocycles. The van der Waals surface area contributed by atoms with Gasteiger partial charge in [0.1, 0.15) is 5.82 Å². The summed E-state index contributed by atoms with van der Waals surface area (Å²) >= 11 is 1.09. The minimum absolute atomic E-state index is 0.0984. The van der Waals surface area contributed by atoms with Crippen LogP contribution in [0.4, 0.5) is 17.2 Å². The van der Waals surface area contributed by atoms with Crippen molar-refractivity contribution in [2.75, 3.05) is 22.5 Å². The lowest BCUT2D eigenvalue weighted by molar-refractivity contribution is -0.113. The van der Waals surface area contributed by atoms with Gasteiger partial charge in [-0.2, -0.15) is 0 Å². The van der Waals surface area contributed by atoms with E-state index in [0.717, 1.165) is 11.8 Å². The van der Waals surface area contributed by atoms with Gasteiger partial charge in [-0.05, 0) is 18.2 Å². The Morgan fingerprint density at radius 3 is 2.85 bits per heavy atom. The highest BCUT2D eigenvalue weighted by Crippen LogP contribution is 2.15.